The average molecular weight is 384 g/mol. The number of rotatable bonds is 5. The Hall–Kier alpha value is -1.88. The number of thiazole rings is 1. The molecule has 0 aliphatic carbocycles. The molecule has 3 N–H and O–H groups in total. The molecule has 1 fully saturated rings. The van der Waals surface area contributed by atoms with E-state index in [0.717, 1.165) is 14.7 Å². The second-order valence-corrected chi connectivity index (χ2v) is 8.36. The van der Waals surface area contributed by atoms with Crippen LogP contribution in [0.2, 0.25) is 0 Å². The minimum Gasteiger partial charge on any atom is -0.301 e. The van der Waals surface area contributed by atoms with E-state index in [4.69, 9.17) is 5.14 Å². The number of carbonyl (C=O) groups is 1. The molecule has 1 aliphatic rings. The van der Waals surface area contributed by atoms with E-state index in [1.165, 1.54) is 23.5 Å². The van der Waals surface area contributed by atoms with Gasteiger partial charge in [-0.25, -0.2) is 14.5 Å². The van der Waals surface area contributed by atoms with Crippen molar-refractivity contribution in [1.29, 1.82) is 0 Å². The third kappa shape index (κ3) is 4.40. The van der Waals surface area contributed by atoms with Gasteiger partial charge in [-0.2, -0.15) is 12.7 Å². The fraction of sp³-hybridized carbons (Fsp3) is 0.333. The Bertz CT molecular complexity index is 884. The summed E-state index contributed by atoms with van der Waals surface area (Å²) in [4.78, 5) is 17.3. The van der Waals surface area contributed by atoms with E-state index in [-0.39, 0.29) is 12.4 Å². The van der Waals surface area contributed by atoms with E-state index in [0.29, 0.717) is 24.4 Å². The van der Waals surface area contributed by atoms with Gasteiger partial charge in [-0.3, -0.25) is 4.79 Å². The highest BCUT2D eigenvalue weighted by Crippen LogP contribution is 2.24. The summed E-state index contributed by atoms with van der Waals surface area (Å²) < 4.78 is 37.3. The molecular formula is C15H17FN4O3S2. The Morgan fingerprint density at radius 3 is 3.00 bits per heavy atom. The number of nitrogens with one attached hydrogen (secondary N) is 1. The molecule has 2 aromatic rings. The molecule has 1 aliphatic heterocycles. The summed E-state index contributed by atoms with van der Waals surface area (Å²) in [5.41, 5.74) is 0.803. The van der Waals surface area contributed by atoms with Crippen molar-refractivity contribution in [3.05, 3.63) is 46.7 Å². The van der Waals surface area contributed by atoms with Crippen LogP contribution in [0.4, 0.5) is 9.52 Å². The van der Waals surface area contributed by atoms with Crippen LogP contribution in [0.25, 0.3) is 0 Å². The number of benzene rings is 1. The SMILES string of the molecule is NS(=O)(=O)N1CCCC1C(=O)Nc1ncc(Cc2cccc(F)c2)s1. The summed E-state index contributed by atoms with van der Waals surface area (Å²) in [5.74, 6) is -0.752. The molecule has 1 aromatic heterocycles. The van der Waals surface area contributed by atoms with Crippen LogP contribution in [-0.4, -0.2) is 36.2 Å². The van der Waals surface area contributed by atoms with Gasteiger partial charge in [0.25, 0.3) is 10.2 Å². The number of amides is 1. The van der Waals surface area contributed by atoms with Crippen LogP contribution in [0, 0.1) is 5.82 Å². The predicted molar refractivity (Wildman–Crippen MR) is 92.8 cm³/mol. The standard InChI is InChI=1S/C15H17FN4O3S2/c16-11-4-1-3-10(7-11)8-12-9-18-15(24-12)19-14(21)13-5-2-6-20(13)25(17,22)23/h1,3-4,7,9,13H,2,5-6,8H2,(H2,17,22,23)(H,18,19,21). The van der Waals surface area contributed by atoms with Gasteiger partial charge in [-0.05, 0) is 30.5 Å². The van der Waals surface area contributed by atoms with Crippen molar-refractivity contribution in [3.8, 4) is 0 Å². The second-order valence-electron chi connectivity index (χ2n) is 5.74. The van der Waals surface area contributed by atoms with E-state index >= 15 is 0 Å². The number of hydrogen-bond donors (Lipinski definition) is 2. The molecule has 7 nitrogen and oxygen atoms in total. The molecule has 25 heavy (non-hydrogen) atoms. The normalized spacial score (nSPS) is 18.4. The first kappa shape index (κ1) is 17.9. The molecule has 1 saturated heterocycles. The van der Waals surface area contributed by atoms with Gasteiger partial charge in [0, 0.05) is 24.0 Å². The van der Waals surface area contributed by atoms with Crippen LogP contribution in [-0.2, 0) is 21.4 Å². The van der Waals surface area contributed by atoms with E-state index < -0.39 is 22.2 Å². The summed E-state index contributed by atoms with van der Waals surface area (Å²) in [5, 5.41) is 8.15. The molecule has 0 saturated carbocycles. The van der Waals surface area contributed by atoms with Gasteiger partial charge in [0.1, 0.15) is 11.9 Å². The number of carbonyl (C=O) groups excluding carboxylic acids is 1. The van der Waals surface area contributed by atoms with Gasteiger partial charge >= 0.3 is 0 Å². The number of hydrogen-bond acceptors (Lipinski definition) is 5. The van der Waals surface area contributed by atoms with E-state index in [1.807, 2.05) is 6.07 Å². The van der Waals surface area contributed by atoms with Crippen molar-refractivity contribution >= 4 is 32.6 Å². The monoisotopic (exact) mass is 384 g/mol. The lowest BCUT2D eigenvalue weighted by molar-refractivity contribution is -0.119. The molecule has 1 aromatic carbocycles. The summed E-state index contributed by atoms with van der Waals surface area (Å²) in [6.45, 7) is 0.236. The summed E-state index contributed by atoms with van der Waals surface area (Å²) >= 11 is 1.26. The zero-order chi connectivity index (χ0) is 18.0. The highest BCUT2D eigenvalue weighted by atomic mass is 32.2. The highest BCUT2D eigenvalue weighted by molar-refractivity contribution is 7.86. The fourth-order valence-electron chi connectivity index (χ4n) is 2.79. The number of halogens is 1. The van der Waals surface area contributed by atoms with Crippen LogP contribution in [0.3, 0.4) is 0 Å². The van der Waals surface area contributed by atoms with Gasteiger partial charge in [-0.15, -0.1) is 11.3 Å². The predicted octanol–water partition coefficient (Wildman–Crippen LogP) is 1.48. The van der Waals surface area contributed by atoms with Crippen molar-refractivity contribution < 1.29 is 17.6 Å². The maximum absolute atomic E-state index is 13.2. The number of anilines is 1. The topological polar surface area (TPSA) is 105 Å². The van der Waals surface area contributed by atoms with Gasteiger partial charge in [0.15, 0.2) is 5.13 Å². The van der Waals surface area contributed by atoms with E-state index in [2.05, 4.69) is 10.3 Å². The van der Waals surface area contributed by atoms with Crippen LogP contribution >= 0.6 is 11.3 Å². The smallest absolute Gasteiger partial charge is 0.277 e. The molecule has 3 rings (SSSR count). The molecule has 134 valence electrons. The lowest BCUT2D eigenvalue weighted by Gasteiger charge is -2.20. The number of aromatic nitrogens is 1. The molecule has 10 heteroatoms. The fourth-order valence-corrected chi connectivity index (χ4v) is 4.58. The Morgan fingerprint density at radius 1 is 1.48 bits per heavy atom. The Kier molecular flexibility index (Phi) is 5.13. The lowest BCUT2D eigenvalue weighted by atomic mass is 10.1. The first-order valence-corrected chi connectivity index (χ1v) is 9.94. The van der Waals surface area contributed by atoms with Crippen molar-refractivity contribution in [2.75, 3.05) is 11.9 Å². The minimum atomic E-state index is -3.91. The molecule has 1 amide bonds. The van der Waals surface area contributed by atoms with Gasteiger partial charge in [0.05, 0.1) is 0 Å². The summed E-state index contributed by atoms with van der Waals surface area (Å²) in [6, 6.07) is 5.45. The third-order valence-corrected chi connectivity index (χ3v) is 5.89. The zero-order valence-electron chi connectivity index (χ0n) is 13.2. The number of nitrogens with zero attached hydrogens (tertiary/aromatic N) is 2. The van der Waals surface area contributed by atoms with Crippen molar-refractivity contribution in [2.24, 2.45) is 5.14 Å². The average Bonchev–Trinajstić information content (AvgIpc) is 3.16. The molecule has 0 radical (unpaired) electrons. The van der Waals surface area contributed by atoms with E-state index in [9.17, 15) is 17.6 Å². The molecule has 2 heterocycles. The molecule has 0 spiro atoms. The highest BCUT2D eigenvalue weighted by Gasteiger charge is 2.37. The first-order chi connectivity index (χ1) is 11.8. The van der Waals surface area contributed by atoms with Crippen LogP contribution in [0.15, 0.2) is 30.5 Å². The molecular weight excluding hydrogens is 367 g/mol. The largest absolute Gasteiger partial charge is 0.301 e. The van der Waals surface area contributed by atoms with Crippen LogP contribution in [0.5, 0.6) is 0 Å². The maximum atomic E-state index is 13.2. The Morgan fingerprint density at radius 2 is 2.28 bits per heavy atom. The van der Waals surface area contributed by atoms with Crippen molar-refractivity contribution in [2.45, 2.75) is 25.3 Å². The lowest BCUT2D eigenvalue weighted by Crippen LogP contribution is -2.46. The van der Waals surface area contributed by atoms with Gasteiger partial charge in [0.2, 0.25) is 5.91 Å². The summed E-state index contributed by atoms with van der Waals surface area (Å²) in [7, 11) is -3.91. The molecule has 0 bridgehead atoms. The number of nitrogens with two attached hydrogens (primary N) is 1. The van der Waals surface area contributed by atoms with Gasteiger partial charge < -0.3 is 5.32 Å². The Balaban J connectivity index is 1.66. The Labute approximate surface area is 148 Å². The molecule has 1 unspecified atom stereocenters. The third-order valence-electron chi connectivity index (χ3n) is 3.88. The molecule has 1 atom stereocenters. The maximum Gasteiger partial charge on any atom is 0.277 e. The van der Waals surface area contributed by atoms with Crippen LogP contribution < -0.4 is 10.5 Å². The quantitative estimate of drug-likeness (QED) is 0.814. The van der Waals surface area contributed by atoms with Gasteiger partial charge in [-0.1, -0.05) is 12.1 Å². The first-order valence-electron chi connectivity index (χ1n) is 7.62. The zero-order valence-corrected chi connectivity index (χ0v) is 14.8. The second kappa shape index (κ2) is 7.16. The minimum absolute atomic E-state index is 0.236. The van der Waals surface area contributed by atoms with Crippen molar-refractivity contribution in [1.82, 2.24) is 9.29 Å². The summed E-state index contributed by atoms with van der Waals surface area (Å²) in [6.07, 6.45) is 3.11. The van der Waals surface area contributed by atoms with Crippen LogP contribution in [0.1, 0.15) is 23.3 Å². The van der Waals surface area contributed by atoms with E-state index in [1.54, 1.807) is 12.3 Å². The van der Waals surface area contributed by atoms with Crippen molar-refractivity contribution in [3.63, 3.8) is 0 Å².